The minimum atomic E-state index is -0.154. The monoisotopic (exact) mass is 359 g/mol. The first kappa shape index (κ1) is 15.5. The number of nitrogens with zero attached hydrogens (tertiary/aromatic N) is 1. The van der Waals surface area contributed by atoms with Gasteiger partial charge in [0.2, 0.25) is 5.91 Å². The molecule has 1 aliphatic rings. The van der Waals surface area contributed by atoms with Gasteiger partial charge in [-0.2, -0.15) is 0 Å². The molecule has 2 amide bonds. The van der Waals surface area contributed by atoms with Crippen molar-refractivity contribution >= 4 is 39.1 Å². The van der Waals surface area contributed by atoms with Crippen molar-refractivity contribution in [2.75, 3.05) is 20.1 Å². The number of thiophene rings is 1. The Labute approximate surface area is 130 Å². The molecule has 0 aromatic carbocycles. The van der Waals surface area contributed by atoms with E-state index in [4.69, 9.17) is 5.73 Å². The van der Waals surface area contributed by atoms with Crippen molar-refractivity contribution < 1.29 is 9.59 Å². The lowest BCUT2D eigenvalue weighted by Crippen LogP contribution is -2.46. The summed E-state index contributed by atoms with van der Waals surface area (Å²) in [5.74, 6) is 0.212. The van der Waals surface area contributed by atoms with Crippen LogP contribution in [0.3, 0.4) is 0 Å². The van der Waals surface area contributed by atoms with Crippen LogP contribution < -0.4 is 11.1 Å². The maximum absolute atomic E-state index is 12.1. The highest BCUT2D eigenvalue weighted by molar-refractivity contribution is 9.11. The Morgan fingerprint density at radius 1 is 1.55 bits per heavy atom. The number of carbonyl (C=O) groups is 2. The molecule has 1 atom stereocenters. The van der Waals surface area contributed by atoms with Gasteiger partial charge in [-0.1, -0.05) is 0 Å². The molecule has 1 saturated carbocycles. The van der Waals surface area contributed by atoms with E-state index < -0.39 is 0 Å². The van der Waals surface area contributed by atoms with E-state index >= 15 is 0 Å². The summed E-state index contributed by atoms with van der Waals surface area (Å²) < 4.78 is 0.899. The van der Waals surface area contributed by atoms with Gasteiger partial charge >= 0.3 is 0 Å². The minimum Gasteiger partial charge on any atom is -0.350 e. The van der Waals surface area contributed by atoms with Crippen molar-refractivity contribution in [2.24, 2.45) is 11.7 Å². The molecule has 0 bridgehead atoms. The summed E-state index contributed by atoms with van der Waals surface area (Å²) in [5.41, 5.74) is 5.65. The second kappa shape index (κ2) is 6.69. The number of hydrogen-bond donors (Lipinski definition) is 2. The number of rotatable bonds is 6. The molecule has 1 aromatic heterocycles. The van der Waals surface area contributed by atoms with Crippen molar-refractivity contribution in [2.45, 2.75) is 18.9 Å². The number of nitrogens with one attached hydrogen (secondary N) is 1. The van der Waals surface area contributed by atoms with Gasteiger partial charge in [-0.15, -0.1) is 11.3 Å². The third kappa shape index (κ3) is 4.04. The highest BCUT2D eigenvalue weighted by Gasteiger charge is 2.31. The van der Waals surface area contributed by atoms with E-state index in [-0.39, 0.29) is 24.4 Å². The number of carbonyl (C=O) groups excluding carboxylic acids is 2. The van der Waals surface area contributed by atoms with Gasteiger partial charge < -0.3 is 16.0 Å². The van der Waals surface area contributed by atoms with Crippen LogP contribution in [0, 0.1) is 5.92 Å². The summed E-state index contributed by atoms with van der Waals surface area (Å²) in [7, 11) is 1.63. The average molecular weight is 360 g/mol. The lowest BCUT2D eigenvalue weighted by atomic mass is 10.2. The van der Waals surface area contributed by atoms with Crippen LogP contribution in [-0.2, 0) is 4.79 Å². The van der Waals surface area contributed by atoms with Crippen molar-refractivity contribution in [1.82, 2.24) is 10.2 Å². The fraction of sp³-hybridized carbons (Fsp3) is 0.538. The second-order valence-electron chi connectivity index (χ2n) is 5.01. The SMILES string of the molecule is CN(CC(=O)NC(CN)C1CC1)C(=O)c1ccc(Br)s1. The van der Waals surface area contributed by atoms with E-state index in [1.165, 1.54) is 16.2 Å². The predicted octanol–water partition coefficient (Wildman–Crippen LogP) is 1.44. The van der Waals surface area contributed by atoms with Crippen LogP contribution in [0.15, 0.2) is 15.9 Å². The van der Waals surface area contributed by atoms with Gasteiger partial charge in [0.25, 0.3) is 5.91 Å². The summed E-state index contributed by atoms with van der Waals surface area (Å²) in [4.78, 5) is 26.1. The van der Waals surface area contributed by atoms with Gasteiger partial charge in [-0.05, 0) is 46.8 Å². The Morgan fingerprint density at radius 3 is 2.75 bits per heavy atom. The quantitative estimate of drug-likeness (QED) is 0.806. The van der Waals surface area contributed by atoms with Crippen LogP contribution in [0.2, 0.25) is 0 Å². The molecule has 2 rings (SSSR count). The van der Waals surface area contributed by atoms with Crippen LogP contribution in [0.1, 0.15) is 22.5 Å². The fourth-order valence-electron chi connectivity index (χ4n) is 2.02. The van der Waals surface area contributed by atoms with Gasteiger partial charge in [0, 0.05) is 19.6 Å². The zero-order valence-corrected chi connectivity index (χ0v) is 13.7. The number of halogens is 1. The molecule has 20 heavy (non-hydrogen) atoms. The fourth-order valence-corrected chi connectivity index (χ4v) is 3.41. The Morgan fingerprint density at radius 2 is 2.25 bits per heavy atom. The summed E-state index contributed by atoms with van der Waals surface area (Å²) in [5, 5.41) is 2.91. The summed E-state index contributed by atoms with van der Waals surface area (Å²) in [6.45, 7) is 0.503. The van der Waals surface area contributed by atoms with E-state index in [1.807, 2.05) is 6.07 Å². The van der Waals surface area contributed by atoms with Gasteiger partial charge in [-0.25, -0.2) is 0 Å². The summed E-state index contributed by atoms with van der Waals surface area (Å²) >= 11 is 4.68. The molecule has 110 valence electrons. The molecule has 1 aromatic rings. The standard InChI is InChI=1S/C13H18BrN3O2S/c1-17(13(19)10-4-5-11(14)20-10)7-12(18)16-9(6-15)8-2-3-8/h4-5,8-9H,2-3,6-7,15H2,1H3,(H,16,18). The Bertz CT molecular complexity index is 502. The molecule has 3 N–H and O–H groups in total. The Balaban J connectivity index is 1.85. The first-order valence-electron chi connectivity index (χ1n) is 6.51. The maximum atomic E-state index is 12.1. The number of nitrogens with two attached hydrogens (primary N) is 1. The lowest BCUT2D eigenvalue weighted by Gasteiger charge is -2.20. The van der Waals surface area contributed by atoms with Crippen molar-refractivity contribution in [1.29, 1.82) is 0 Å². The second-order valence-corrected chi connectivity index (χ2v) is 7.48. The topological polar surface area (TPSA) is 75.4 Å². The van der Waals surface area contributed by atoms with Crippen molar-refractivity contribution in [3.63, 3.8) is 0 Å². The molecule has 0 spiro atoms. The number of amides is 2. The number of hydrogen-bond acceptors (Lipinski definition) is 4. The van der Waals surface area contributed by atoms with Crippen molar-refractivity contribution in [3.8, 4) is 0 Å². The van der Waals surface area contributed by atoms with Crippen LogP contribution >= 0.6 is 27.3 Å². The summed E-state index contributed by atoms with van der Waals surface area (Å²) in [6, 6.07) is 3.61. The average Bonchev–Trinajstić information content (AvgIpc) is 3.16. The highest BCUT2D eigenvalue weighted by atomic mass is 79.9. The first-order chi connectivity index (χ1) is 9.51. The zero-order chi connectivity index (χ0) is 14.7. The molecule has 1 aliphatic carbocycles. The van der Waals surface area contributed by atoms with Crippen LogP contribution in [0.25, 0.3) is 0 Å². The van der Waals surface area contributed by atoms with E-state index in [0.717, 1.165) is 16.6 Å². The molecular weight excluding hydrogens is 342 g/mol. The maximum Gasteiger partial charge on any atom is 0.264 e. The van der Waals surface area contributed by atoms with Gasteiger partial charge in [-0.3, -0.25) is 9.59 Å². The zero-order valence-electron chi connectivity index (χ0n) is 11.3. The molecular formula is C13H18BrN3O2S. The van der Waals surface area contributed by atoms with Crippen LogP contribution in [-0.4, -0.2) is 42.9 Å². The number of likely N-dealkylation sites (N-methyl/N-ethyl adjacent to an activating group) is 1. The van der Waals surface area contributed by atoms with Gasteiger partial charge in [0.1, 0.15) is 0 Å². The Hall–Kier alpha value is -0.920. The summed E-state index contributed by atoms with van der Waals surface area (Å²) in [6.07, 6.45) is 2.25. The van der Waals surface area contributed by atoms with E-state index in [1.54, 1.807) is 13.1 Å². The van der Waals surface area contributed by atoms with Gasteiger partial charge in [0.15, 0.2) is 0 Å². The minimum absolute atomic E-state index is 0.0434. The molecule has 0 aliphatic heterocycles. The van der Waals surface area contributed by atoms with Crippen molar-refractivity contribution in [3.05, 3.63) is 20.8 Å². The predicted molar refractivity (Wildman–Crippen MR) is 82.7 cm³/mol. The lowest BCUT2D eigenvalue weighted by molar-refractivity contribution is -0.122. The first-order valence-corrected chi connectivity index (χ1v) is 8.12. The largest absolute Gasteiger partial charge is 0.350 e. The smallest absolute Gasteiger partial charge is 0.264 e. The van der Waals surface area contributed by atoms with E-state index in [0.29, 0.717) is 17.3 Å². The van der Waals surface area contributed by atoms with E-state index in [9.17, 15) is 9.59 Å². The molecule has 1 fully saturated rings. The molecule has 0 saturated heterocycles. The van der Waals surface area contributed by atoms with Crippen LogP contribution in [0.4, 0.5) is 0 Å². The molecule has 1 unspecified atom stereocenters. The molecule has 7 heteroatoms. The van der Waals surface area contributed by atoms with E-state index in [2.05, 4.69) is 21.2 Å². The molecule has 1 heterocycles. The molecule has 5 nitrogen and oxygen atoms in total. The Kier molecular flexibility index (Phi) is 5.17. The normalized spacial score (nSPS) is 15.8. The third-order valence-corrected chi connectivity index (χ3v) is 4.91. The highest BCUT2D eigenvalue weighted by Crippen LogP contribution is 2.32. The van der Waals surface area contributed by atoms with Gasteiger partial charge in [0.05, 0.1) is 15.2 Å². The third-order valence-electron chi connectivity index (χ3n) is 3.30. The molecule has 0 radical (unpaired) electrons. The van der Waals surface area contributed by atoms with Crippen LogP contribution in [0.5, 0.6) is 0 Å².